The van der Waals surface area contributed by atoms with E-state index in [4.69, 9.17) is 9.47 Å². The number of likely N-dealkylation sites (N-methyl/N-ethyl adjacent to an activating group) is 2. The second-order valence-corrected chi connectivity index (χ2v) is 7.03. The number of ether oxygens (including phenoxy) is 2. The Morgan fingerprint density at radius 2 is 1.88 bits per heavy atom. The Bertz CT molecular complexity index is 550. The van der Waals surface area contributed by atoms with Gasteiger partial charge >= 0.3 is 0 Å². The lowest BCUT2D eigenvalue weighted by atomic mass is 10.1. The van der Waals surface area contributed by atoms with Crippen molar-refractivity contribution in [3.8, 4) is 0 Å². The first-order valence-corrected chi connectivity index (χ1v) is 9.06. The van der Waals surface area contributed by atoms with E-state index in [1.54, 1.807) is 4.90 Å². The van der Waals surface area contributed by atoms with Gasteiger partial charge in [0.15, 0.2) is 0 Å². The standard InChI is InChI=1S/C19H29N3O3/c1-20-7-9-22(10-8-20)13-16-3-5-17(6-4-16)19(23)21(2)14-18-15-24-11-12-25-18/h3-6,18H,7-15H2,1-2H3. The van der Waals surface area contributed by atoms with Crippen LogP contribution in [0.2, 0.25) is 0 Å². The molecule has 1 atom stereocenters. The Labute approximate surface area is 150 Å². The average molecular weight is 347 g/mol. The van der Waals surface area contributed by atoms with Gasteiger partial charge in [-0.1, -0.05) is 12.1 Å². The zero-order valence-corrected chi connectivity index (χ0v) is 15.3. The van der Waals surface area contributed by atoms with E-state index >= 15 is 0 Å². The number of carbonyl (C=O) groups excluding carboxylic acids is 1. The topological polar surface area (TPSA) is 45.2 Å². The highest BCUT2D eigenvalue weighted by Crippen LogP contribution is 2.12. The van der Waals surface area contributed by atoms with Crippen molar-refractivity contribution in [3.63, 3.8) is 0 Å². The fraction of sp³-hybridized carbons (Fsp3) is 0.632. The maximum atomic E-state index is 12.6. The molecule has 0 bridgehead atoms. The number of carbonyl (C=O) groups is 1. The molecule has 1 amide bonds. The van der Waals surface area contributed by atoms with Crippen molar-refractivity contribution in [1.29, 1.82) is 0 Å². The van der Waals surface area contributed by atoms with Gasteiger partial charge in [-0.05, 0) is 24.7 Å². The summed E-state index contributed by atoms with van der Waals surface area (Å²) in [6.45, 7) is 7.75. The number of nitrogens with zero attached hydrogens (tertiary/aromatic N) is 3. The summed E-state index contributed by atoms with van der Waals surface area (Å²) in [5.74, 6) is 0.0281. The summed E-state index contributed by atoms with van der Waals surface area (Å²) in [6, 6.07) is 8.00. The van der Waals surface area contributed by atoms with Crippen molar-refractivity contribution in [1.82, 2.24) is 14.7 Å². The normalized spacial score (nSPS) is 22.7. The molecule has 1 aromatic carbocycles. The SMILES string of the molecule is CN1CCN(Cc2ccc(C(=O)N(C)CC3COCCO3)cc2)CC1. The molecule has 0 radical (unpaired) electrons. The Morgan fingerprint density at radius 3 is 2.52 bits per heavy atom. The first-order valence-electron chi connectivity index (χ1n) is 9.06. The van der Waals surface area contributed by atoms with Gasteiger partial charge in [-0.3, -0.25) is 9.69 Å². The summed E-state index contributed by atoms with van der Waals surface area (Å²) in [5.41, 5.74) is 1.98. The van der Waals surface area contributed by atoms with Gasteiger partial charge in [0, 0.05) is 51.9 Å². The fourth-order valence-corrected chi connectivity index (χ4v) is 3.27. The molecule has 0 saturated carbocycles. The molecule has 138 valence electrons. The molecule has 6 nitrogen and oxygen atoms in total. The molecule has 0 aromatic heterocycles. The third-order valence-corrected chi connectivity index (χ3v) is 4.91. The second-order valence-electron chi connectivity index (χ2n) is 7.03. The van der Waals surface area contributed by atoms with Gasteiger partial charge in [0.1, 0.15) is 0 Å². The summed E-state index contributed by atoms with van der Waals surface area (Å²) in [7, 11) is 3.98. The molecule has 2 fully saturated rings. The van der Waals surface area contributed by atoms with Gasteiger partial charge in [-0.2, -0.15) is 0 Å². The molecule has 0 aliphatic carbocycles. The molecular formula is C19H29N3O3. The van der Waals surface area contributed by atoms with Crippen molar-refractivity contribution >= 4 is 5.91 Å². The van der Waals surface area contributed by atoms with E-state index in [1.165, 1.54) is 5.56 Å². The van der Waals surface area contributed by atoms with E-state index in [9.17, 15) is 4.79 Å². The minimum atomic E-state index is -0.0285. The molecule has 0 spiro atoms. The Balaban J connectivity index is 1.51. The van der Waals surface area contributed by atoms with Crippen molar-refractivity contribution in [2.75, 3.05) is 66.6 Å². The van der Waals surface area contributed by atoms with Crippen LogP contribution in [0.1, 0.15) is 15.9 Å². The number of hydrogen-bond acceptors (Lipinski definition) is 5. The molecule has 2 aliphatic heterocycles. The molecule has 25 heavy (non-hydrogen) atoms. The fourth-order valence-electron chi connectivity index (χ4n) is 3.27. The quantitative estimate of drug-likeness (QED) is 0.793. The predicted molar refractivity (Wildman–Crippen MR) is 96.7 cm³/mol. The van der Waals surface area contributed by atoms with Crippen LogP contribution in [0.4, 0.5) is 0 Å². The number of piperazine rings is 1. The first-order chi connectivity index (χ1) is 12.1. The number of amides is 1. The molecule has 6 heteroatoms. The van der Waals surface area contributed by atoms with Crippen molar-refractivity contribution in [2.24, 2.45) is 0 Å². The van der Waals surface area contributed by atoms with Crippen LogP contribution in [-0.2, 0) is 16.0 Å². The van der Waals surface area contributed by atoms with E-state index in [1.807, 2.05) is 19.2 Å². The van der Waals surface area contributed by atoms with Crippen LogP contribution in [0.3, 0.4) is 0 Å². The Hall–Kier alpha value is -1.47. The highest BCUT2D eigenvalue weighted by atomic mass is 16.6. The van der Waals surface area contributed by atoms with Gasteiger partial charge in [-0.25, -0.2) is 0 Å². The third-order valence-electron chi connectivity index (χ3n) is 4.91. The van der Waals surface area contributed by atoms with Crippen LogP contribution in [0.5, 0.6) is 0 Å². The van der Waals surface area contributed by atoms with Crippen LogP contribution in [0, 0.1) is 0 Å². The predicted octanol–water partition coefficient (Wildman–Crippen LogP) is 0.921. The third kappa shape index (κ3) is 5.25. The lowest BCUT2D eigenvalue weighted by Gasteiger charge is -2.32. The number of benzene rings is 1. The zero-order valence-electron chi connectivity index (χ0n) is 15.3. The highest BCUT2D eigenvalue weighted by Gasteiger charge is 2.20. The lowest BCUT2D eigenvalue weighted by Crippen LogP contribution is -2.43. The summed E-state index contributed by atoms with van der Waals surface area (Å²) in [5, 5.41) is 0. The molecule has 2 aliphatic rings. The Morgan fingerprint density at radius 1 is 1.16 bits per heavy atom. The maximum absolute atomic E-state index is 12.6. The van der Waals surface area contributed by atoms with Crippen molar-refractivity contribution in [2.45, 2.75) is 12.6 Å². The van der Waals surface area contributed by atoms with Crippen LogP contribution < -0.4 is 0 Å². The minimum absolute atomic E-state index is 0.0281. The highest BCUT2D eigenvalue weighted by molar-refractivity contribution is 5.94. The molecule has 2 heterocycles. The van der Waals surface area contributed by atoms with E-state index in [2.05, 4.69) is 29.0 Å². The average Bonchev–Trinajstić information content (AvgIpc) is 2.64. The summed E-state index contributed by atoms with van der Waals surface area (Å²) < 4.78 is 11.0. The number of rotatable bonds is 5. The van der Waals surface area contributed by atoms with E-state index in [-0.39, 0.29) is 12.0 Å². The Kier molecular flexibility index (Phi) is 6.42. The summed E-state index contributed by atoms with van der Waals surface area (Å²) in [4.78, 5) is 19.1. The van der Waals surface area contributed by atoms with Crippen LogP contribution >= 0.6 is 0 Å². The monoisotopic (exact) mass is 347 g/mol. The summed E-state index contributed by atoms with van der Waals surface area (Å²) >= 11 is 0. The van der Waals surface area contributed by atoms with Gasteiger partial charge in [-0.15, -0.1) is 0 Å². The number of hydrogen-bond donors (Lipinski definition) is 0. The van der Waals surface area contributed by atoms with Gasteiger partial charge in [0.25, 0.3) is 5.91 Å². The summed E-state index contributed by atoms with van der Waals surface area (Å²) in [6.07, 6.45) is -0.0285. The molecule has 2 saturated heterocycles. The smallest absolute Gasteiger partial charge is 0.253 e. The van der Waals surface area contributed by atoms with Gasteiger partial charge in [0.2, 0.25) is 0 Å². The molecule has 0 N–H and O–H groups in total. The molecule has 1 aromatic rings. The maximum Gasteiger partial charge on any atom is 0.253 e. The van der Waals surface area contributed by atoms with E-state index in [0.717, 1.165) is 38.3 Å². The minimum Gasteiger partial charge on any atom is -0.376 e. The molecule has 3 rings (SSSR count). The van der Waals surface area contributed by atoms with Crippen LogP contribution in [0.15, 0.2) is 24.3 Å². The van der Waals surface area contributed by atoms with E-state index < -0.39 is 0 Å². The van der Waals surface area contributed by atoms with Gasteiger partial charge < -0.3 is 19.3 Å². The second kappa shape index (κ2) is 8.76. The lowest BCUT2D eigenvalue weighted by molar-refractivity contribution is -0.0933. The van der Waals surface area contributed by atoms with Crippen LogP contribution in [0.25, 0.3) is 0 Å². The van der Waals surface area contributed by atoms with Crippen LogP contribution in [-0.4, -0.2) is 93.4 Å². The largest absolute Gasteiger partial charge is 0.376 e. The van der Waals surface area contributed by atoms with Gasteiger partial charge in [0.05, 0.1) is 25.9 Å². The first kappa shape index (κ1) is 18.3. The van der Waals surface area contributed by atoms with Crippen molar-refractivity contribution in [3.05, 3.63) is 35.4 Å². The van der Waals surface area contributed by atoms with E-state index in [0.29, 0.717) is 26.4 Å². The molecule has 1 unspecified atom stereocenters. The zero-order chi connectivity index (χ0) is 17.6. The van der Waals surface area contributed by atoms with Crippen molar-refractivity contribution < 1.29 is 14.3 Å². The molecular weight excluding hydrogens is 318 g/mol.